The molecule has 1 atom stereocenters. The molecule has 4 heteroatoms. The number of rotatable bonds is 2. The maximum absolute atomic E-state index is 5.66. The van der Waals surface area contributed by atoms with Crippen LogP contribution in [-0.4, -0.2) is 33.1 Å². The number of nitrogens with one attached hydrogen (secondary N) is 1. The quantitative estimate of drug-likeness (QED) is 0.902. The third-order valence-corrected chi connectivity index (χ3v) is 5.53. The van der Waals surface area contributed by atoms with Gasteiger partial charge in [-0.3, -0.25) is 0 Å². The van der Waals surface area contributed by atoms with Gasteiger partial charge in [0.05, 0.1) is 19.1 Å². The average Bonchev–Trinajstić information content (AvgIpc) is 2.83. The Hall–Kier alpha value is -0.870. The van der Waals surface area contributed by atoms with Gasteiger partial charge >= 0.3 is 0 Å². The topological polar surface area (TPSA) is 30.5 Å². The van der Waals surface area contributed by atoms with Gasteiger partial charge in [-0.1, -0.05) is 0 Å². The third kappa shape index (κ3) is 2.11. The van der Waals surface area contributed by atoms with E-state index in [2.05, 4.69) is 11.4 Å². The lowest BCUT2D eigenvalue weighted by Gasteiger charge is -2.31. The van der Waals surface area contributed by atoms with Crippen LogP contribution < -0.4 is 14.8 Å². The third-order valence-electron chi connectivity index (χ3n) is 4.34. The fourth-order valence-corrected chi connectivity index (χ4v) is 4.65. The maximum Gasteiger partial charge on any atom is 0.132 e. The van der Waals surface area contributed by atoms with Crippen LogP contribution >= 0.6 is 11.8 Å². The van der Waals surface area contributed by atoms with Crippen LogP contribution in [0.5, 0.6) is 11.5 Å². The van der Waals surface area contributed by atoms with Gasteiger partial charge in [0.2, 0.25) is 0 Å². The molecule has 1 aromatic carbocycles. The second-order valence-electron chi connectivity index (χ2n) is 5.33. The van der Waals surface area contributed by atoms with Crippen LogP contribution in [0.25, 0.3) is 0 Å². The molecule has 1 unspecified atom stereocenters. The van der Waals surface area contributed by atoms with Crippen LogP contribution in [0, 0.1) is 0 Å². The van der Waals surface area contributed by atoms with Crippen LogP contribution in [0.2, 0.25) is 0 Å². The minimum atomic E-state index is 0.235. The zero-order valence-corrected chi connectivity index (χ0v) is 12.4. The van der Waals surface area contributed by atoms with Crippen molar-refractivity contribution >= 4 is 11.8 Å². The van der Waals surface area contributed by atoms with Crippen molar-refractivity contribution < 1.29 is 9.47 Å². The molecular formula is C15H21NO2S. The molecule has 104 valence electrons. The number of methoxy groups -OCH3 is 2. The van der Waals surface area contributed by atoms with Crippen LogP contribution in [0.3, 0.4) is 0 Å². The first-order chi connectivity index (χ1) is 9.30. The van der Waals surface area contributed by atoms with E-state index >= 15 is 0 Å². The van der Waals surface area contributed by atoms with Gasteiger partial charge in [-0.05, 0) is 43.7 Å². The van der Waals surface area contributed by atoms with Crippen LogP contribution in [-0.2, 0) is 5.41 Å². The summed E-state index contributed by atoms with van der Waals surface area (Å²) in [5.74, 6) is 3.18. The molecule has 1 aromatic rings. The van der Waals surface area contributed by atoms with E-state index < -0.39 is 0 Å². The Balaban J connectivity index is 2.20. The van der Waals surface area contributed by atoms with Crippen molar-refractivity contribution in [3.8, 4) is 11.5 Å². The molecule has 3 rings (SSSR count). The van der Waals surface area contributed by atoms with Crippen molar-refractivity contribution in [1.29, 1.82) is 0 Å². The van der Waals surface area contributed by atoms with Gasteiger partial charge < -0.3 is 14.8 Å². The lowest BCUT2D eigenvalue weighted by molar-refractivity contribution is 0.356. The molecule has 0 radical (unpaired) electrons. The number of hydrogen-bond acceptors (Lipinski definition) is 4. The molecule has 2 heterocycles. The highest BCUT2D eigenvalue weighted by atomic mass is 32.2. The first-order valence-corrected chi connectivity index (χ1v) is 7.88. The summed E-state index contributed by atoms with van der Waals surface area (Å²) in [5, 5.41) is 3.53. The summed E-state index contributed by atoms with van der Waals surface area (Å²) in [5.41, 5.74) is 1.61. The molecule has 1 spiro atoms. The highest BCUT2D eigenvalue weighted by molar-refractivity contribution is 7.99. The molecule has 1 saturated heterocycles. The fraction of sp³-hybridized carbons (Fsp3) is 0.600. The van der Waals surface area contributed by atoms with Crippen molar-refractivity contribution in [3.63, 3.8) is 0 Å². The predicted molar refractivity (Wildman–Crippen MR) is 78.7 cm³/mol. The standard InChI is InChI=1S/C15H21NO2S/c1-17-11-4-5-12(18-2)14-13(11)15(6-3-9-19-14)7-8-16-10-15/h4-5,16H,3,6-10H2,1-2H3. The van der Waals surface area contributed by atoms with Gasteiger partial charge in [-0.15, -0.1) is 11.8 Å². The van der Waals surface area contributed by atoms with E-state index in [1.54, 1.807) is 14.2 Å². The molecule has 1 fully saturated rings. The molecule has 1 N–H and O–H groups in total. The van der Waals surface area contributed by atoms with Crippen molar-refractivity contribution in [1.82, 2.24) is 5.32 Å². The molecule has 2 aliphatic rings. The van der Waals surface area contributed by atoms with Gasteiger partial charge in [0, 0.05) is 17.5 Å². The molecule has 0 saturated carbocycles. The summed E-state index contributed by atoms with van der Waals surface area (Å²) in [6.45, 7) is 2.16. The van der Waals surface area contributed by atoms with Gasteiger partial charge in [0.1, 0.15) is 11.5 Å². The molecule has 0 aliphatic carbocycles. The Labute approximate surface area is 119 Å². The minimum absolute atomic E-state index is 0.235. The highest BCUT2D eigenvalue weighted by Crippen LogP contribution is 2.51. The lowest BCUT2D eigenvalue weighted by Crippen LogP contribution is -2.29. The number of hydrogen-bond donors (Lipinski definition) is 1. The number of thioether (sulfide) groups is 1. The predicted octanol–water partition coefficient (Wildman–Crippen LogP) is 2.82. The molecular weight excluding hydrogens is 258 g/mol. The van der Waals surface area contributed by atoms with Gasteiger partial charge in [0.25, 0.3) is 0 Å². The van der Waals surface area contributed by atoms with Crippen molar-refractivity contribution in [3.05, 3.63) is 17.7 Å². The number of benzene rings is 1. The monoisotopic (exact) mass is 279 g/mol. The SMILES string of the molecule is COc1ccc(OC)c2c1SCCCC21CCNC1. The van der Waals surface area contributed by atoms with Crippen LogP contribution in [0.1, 0.15) is 24.8 Å². The second-order valence-corrected chi connectivity index (χ2v) is 6.44. The van der Waals surface area contributed by atoms with E-state index in [1.165, 1.54) is 29.7 Å². The van der Waals surface area contributed by atoms with E-state index in [4.69, 9.17) is 9.47 Å². The number of ether oxygens (including phenoxy) is 2. The summed E-state index contributed by atoms with van der Waals surface area (Å²) < 4.78 is 11.2. The van der Waals surface area contributed by atoms with Gasteiger partial charge in [-0.25, -0.2) is 0 Å². The lowest BCUT2D eigenvalue weighted by atomic mass is 9.75. The van der Waals surface area contributed by atoms with Gasteiger partial charge in [-0.2, -0.15) is 0 Å². The Kier molecular flexibility index (Phi) is 3.63. The summed E-state index contributed by atoms with van der Waals surface area (Å²) >= 11 is 1.92. The highest BCUT2D eigenvalue weighted by Gasteiger charge is 2.41. The molecule has 2 aliphatic heterocycles. The normalized spacial score (nSPS) is 26.0. The summed E-state index contributed by atoms with van der Waals surface area (Å²) in [6, 6.07) is 4.09. The maximum atomic E-state index is 5.66. The van der Waals surface area contributed by atoms with E-state index in [-0.39, 0.29) is 5.41 Å². The molecule has 0 bridgehead atoms. The molecule has 19 heavy (non-hydrogen) atoms. The average molecular weight is 279 g/mol. The zero-order chi connectivity index (χ0) is 13.3. The largest absolute Gasteiger partial charge is 0.496 e. The van der Waals surface area contributed by atoms with Crippen molar-refractivity contribution in [2.75, 3.05) is 33.1 Å². The van der Waals surface area contributed by atoms with E-state index in [0.29, 0.717) is 0 Å². The zero-order valence-electron chi connectivity index (χ0n) is 11.6. The van der Waals surface area contributed by atoms with E-state index in [9.17, 15) is 0 Å². The Morgan fingerprint density at radius 3 is 2.63 bits per heavy atom. The Bertz CT molecular complexity index is 469. The minimum Gasteiger partial charge on any atom is -0.496 e. The van der Waals surface area contributed by atoms with E-state index in [0.717, 1.165) is 30.3 Å². The summed E-state index contributed by atoms with van der Waals surface area (Å²) in [4.78, 5) is 1.29. The smallest absolute Gasteiger partial charge is 0.132 e. The summed E-state index contributed by atoms with van der Waals surface area (Å²) in [6.07, 6.45) is 3.70. The van der Waals surface area contributed by atoms with Crippen molar-refractivity contribution in [2.24, 2.45) is 0 Å². The number of fused-ring (bicyclic) bond motifs is 2. The molecule has 0 aromatic heterocycles. The first-order valence-electron chi connectivity index (χ1n) is 6.90. The molecule has 3 nitrogen and oxygen atoms in total. The summed E-state index contributed by atoms with van der Waals surface area (Å²) in [7, 11) is 3.53. The first kappa shape index (κ1) is 13.1. The molecule has 0 amide bonds. The Morgan fingerprint density at radius 2 is 1.95 bits per heavy atom. The van der Waals surface area contributed by atoms with Crippen LogP contribution in [0.15, 0.2) is 17.0 Å². The van der Waals surface area contributed by atoms with E-state index in [1.807, 2.05) is 17.8 Å². The van der Waals surface area contributed by atoms with Crippen molar-refractivity contribution in [2.45, 2.75) is 29.6 Å². The Morgan fingerprint density at radius 1 is 1.16 bits per heavy atom. The van der Waals surface area contributed by atoms with Crippen LogP contribution in [0.4, 0.5) is 0 Å². The second kappa shape index (κ2) is 5.25. The fourth-order valence-electron chi connectivity index (χ4n) is 3.40. The van der Waals surface area contributed by atoms with Gasteiger partial charge in [0.15, 0.2) is 0 Å².